The second-order valence-corrected chi connectivity index (χ2v) is 7.00. The molecule has 30 heavy (non-hydrogen) atoms. The number of rotatable bonds is 9. The van der Waals surface area contributed by atoms with Crippen LogP contribution in [0.4, 0.5) is 5.82 Å². The van der Waals surface area contributed by atoms with Crippen LogP contribution in [0.15, 0.2) is 41.9 Å². The molecule has 2 rings (SSSR count). The van der Waals surface area contributed by atoms with Gasteiger partial charge in [0.1, 0.15) is 17.5 Å². The average molecular weight is 521 g/mol. The second kappa shape index (κ2) is 12.9. The smallest absolute Gasteiger partial charge is 0.193 e. The molecule has 8 heteroatoms. The van der Waals surface area contributed by atoms with Crippen molar-refractivity contribution in [2.24, 2.45) is 4.99 Å². The van der Waals surface area contributed by atoms with E-state index in [1.807, 2.05) is 44.3 Å². The predicted octanol–water partition coefficient (Wildman–Crippen LogP) is 3.66. The third kappa shape index (κ3) is 6.76. The van der Waals surface area contributed by atoms with Gasteiger partial charge in [0.05, 0.1) is 11.4 Å². The molecule has 7 nitrogen and oxygen atoms in total. The van der Waals surface area contributed by atoms with E-state index in [0.29, 0.717) is 17.8 Å². The lowest BCUT2D eigenvalue weighted by atomic mass is 10.1. The molecule has 0 saturated heterocycles. The van der Waals surface area contributed by atoms with Gasteiger partial charge in [-0.3, -0.25) is 4.99 Å². The zero-order valence-electron chi connectivity index (χ0n) is 18.1. The lowest BCUT2D eigenvalue weighted by Gasteiger charge is -2.21. The van der Waals surface area contributed by atoms with Crippen LogP contribution in [-0.4, -0.2) is 47.8 Å². The van der Waals surface area contributed by atoms with Crippen LogP contribution in [0.3, 0.4) is 0 Å². The van der Waals surface area contributed by atoms with Crippen LogP contribution in [0.2, 0.25) is 0 Å². The number of hydrogen-bond donors (Lipinski definition) is 2. The quantitative estimate of drug-likeness (QED) is 0.173. The molecule has 0 atom stereocenters. The van der Waals surface area contributed by atoms with Crippen LogP contribution in [-0.2, 0) is 6.42 Å². The summed E-state index contributed by atoms with van der Waals surface area (Å²) in [6.07, 6.45) is 5.44. The van der Waals surface area contributed by atoms with Crippen LogP contribution in [0, 0.1) is 18.3 Å². The number of hydrogen-bond acceptors (Lipinski definition) is 4. The van der Waals surface area contributed by atoms with Gasteiger partial charge in [0.15, 0.2) is 5.96 Å². The molecule has 0 fully saturated rings. The molecular weight excluding hydrogens is 489 g/mol. The highest BCUT2D eigenvalue weighted by Crippen LogP contribution is 2.21. The molecule has 3 N–H and O–H groups in total. The van der Waals surface area contributed by atoms with Crippen LogP contribution in [0.1, 0.15) is 36.1 Å². The van der Waals surface area contributed by atoms with Crippen molar-refractivity contribution in [2.75, 3.05) is 32.9 Å². The van der Waals surface area contributed by atoms with Crippen LogP contribution >= 0.6 is 24.0 Å². The van der Waals surface area contributed by atoms with Gasteiger partial charge < -0.3 is 16.0 Å². The largest absolute Gasteiger partial charge is 0.382 e. The van der Waals surface area contributed by atoms with Gasteiger partial charge >= 0.3 is 0 Å². The zero-order valence-corrected chi connectivity index (χ0v) is 20.4. The summed E-state index contributed by atoms with van der Waals surface area (Å²) in [5.41, 5.74) is 9.38. The van der Waals surface area contributed by atoms with E-state index in [-0.39, 0.29) is 24.0 Å². The number of unbranched alkanes of at least 4 members (excludes halogenated alkanes) is 1. The van der Waals surface area contributed by atoms with Gasteiger partial charge in [-0.25, -0.2) is 4.68 Å². The SMILES string of the molecule is C=CCCCN(C)C(=NC)NCCCc1nn(-c2ccc(C)cc2)c(N)c1C#N.I. The van der Waals surface area contributed by atoms with Gasteiger partial charge in [-0.15, -0.1) is 30.6 Å². The van der Waals surface area contributed by atoms with Crippen LogP contribution < -0.4 is 11.1 Å². The van der Waals surface area contributed by atoms with Crippen molar-refractivity contribution in [1.82, 2.24) is 20.0 Å². The monoisotopic (exact) mass is 521 g/mol. The Labute approximate surface area is 196 Å². The first-order chi connectivity index (χ1) is 14.0. The summed E-state index contributed by atoms with van der Waals surface area (Å²) in [7, 11) is 3.81. The standard InChI is InChI=1S/C22H31N7.HI/c1-5-6-7-15-28(4)22(25-3)26-14-8-9-20-19(16-23)21(24)29(27-20)18-12-10-17(2)11-13-18;/h5,10-13H,1,6-9,14-15,24H2,2-4H3,(H,25,26);1H. The number of nitrogens with one attached hydrogen (secondary N) is 1. The van der Waals surface area contributed by atoms with Crippen molar-refractivity contribution in [1.29, 1.82) is 5.26 Å². The summed E-state index contributed by atoms with van der Waals surface area (Å²) in [4.78, 5) is 6.43. The Hall–Kier alpha value is -2.54. The molecule has 0 bridgehead atoms. The first-order valence-electron chi connectivity index (χ1n) is 9.89. The molecule has 0 aliphatic carbocycles. The van der Waals surface area contributed by atoms with E-state index < -0.39 is 0 Å². The number of aryl methyl sites for hydroxylation is 2. The second-order valence-electron chi connectivity index (χ2n) is 7.00. The molecule has 1 aromatic carbocycles. The molecule has 0 saturated carbocycles. The van der Waals surface area contributed by atoms with Crippen molar-refractivity contribution in [3.05, 3.63) is 53.7 Å². The molecule has 162 valence electrons. The minimum absolute atomic E-state index is 0. The van der Waals surface area contributed by atoms with E-state index in [0.717, 1.165) is 55.3 Å². The normalized spacial score (nSPS) is 10.8. The molecule has 1 aromatic heterocycles. The number of halogens is 1. The number of guanidine groups is 1. The average Bonchev–Trinajstić information content (AvgIpc) is 3.04. The van der Waals surface area contributed by atoms with Gasteiger partial charge in [-0.1, -0.05) is 23.8 Å². The number of aromatic nitrogens is 2. The maximum Gasteiger partial charge on any atom is 0.193 e. The summed E-state index contributed by atoms with van der Waals surface area (Å²) in [5, 5.41) is 17.5. The summed E-state index contributed by atoms with van der Waals surface area (Å²) in [6, 6.07) is 10.1. The van der Waals surface area contributed by atoms with Crippen LogP contribution in [0.25, 0.3) is 5.69 Å². The molecular formula is C22H32IN7. The summed E-state index contributed by atoms with van der Waals surface area (Å²) in [6.45, 7) is 7.44. The number of anilines is 1. The van der Waals surface area contributed by atoms with E-state index in [1.54, 1.807) is 11.7 Å². The Morgan fingerprint density at radius 1 is 1.37 bits per heavy atom. The molecule has 0 radical (unpaired) electrons. The van der Waals surface area contributed by atoms with E-state index in [2.05, 4.69) is 33.0 Å². The fourth-order valence-corrected chi connectivity index (χ4v) is 3.08. The molecule has 1 heterocycles. The van der Waals surface area contributed by atoms with Gasteiger partial charge in [-0.2, -0.15) is 10.4 Å². The first-order valence-corrected chi connectivity index (χ1v) is 9.89. The summed E-state index contributed by atoms with van der Waals surface area (Å²) >= 11 is 0. The van der Waals surface area contributed by atoms with E-state index in [9.17, 15) is 5.26 Å². The maximum atomic E-state index is 9.53. The molecule has 0 unspecified atom stereocenters. The Bertz CT molecular complexity index is 878. The molecule has 0 aliphatic heterocycles. The number of benzene rings is 1. The minimum atomic E-state index is 0. The maximum absolute atomic E-state index is 9.53. The highest BCUT2D eigenvalue weighted by Gasteiger charge is 2.16. The number of nitriles is 1. The first kappa shape index (κ1) is 25.5. The van der Waals surface area contributed by atoms with Gasteiger partial charge in [0.25, 0.3) is 0 Å². The minimum Gasteiger partial charge on any atom is -0.382 e. The van der Waals surface area contributed by atoms with Crippen LogP contribution in [0.5, 0.6) is 0 Å². The van der Waals surface area contributed by atoms with E-state index in [4.69, 9.17) is 5.73 Å². The Kier molecular flexibility index (Phi) is 11.0. The van der Waals surface area contributed by atoms with Crippen molar-refractivity contribution >= 4 is 35.8 Å². The van der Waals surface area contributed by atoms with Gasteiger partial charge in [-0.05, 0) is 44.7 Å². The Morgan fingerprint density at radius 2 is 2.07 bits per heavy atom. The number of allylic oxidation sites excluding steroid dienone is 1. The third-order valence-corrected chi connectivity index (χ3v) is 4.73. The van der Waals surface area contributed by atoms with Crippen molar-refractivity contribution in [2.45, 2.75) is 32.6 Å². The lowest BCUT2D eigenvalue weighted by Crippen LogP contribution is -2.39. The Morgan fingerprint density at radius 3 is 2.67 bits per heavy atom. The summed E-state index contributed by atoms with van der Waals surface area (Å²) < 4.78 is 1.65. The van der Waals surface area contributed by atoms with Crippen molar-refractivity contribution in [3.8, 4) is 11.8 Å². The van der Waals surface area contributed by atoms with E-state index in [1.165, 1.54) is 0 Å². The number of nitrogens with two attached hydrogens (primary N) is 1. The van der Waals surface area contributed by atoms with Crippen molar-refractivity contribution < 1.29 is 0 Å². The van der Waals surface area contributed by atoms with Gasteiger partial charge in [0, 0.05) is 27.2 Å². The zero-order chi connectivity index (χ0) is 21.2. The number of aliphatic imine (C=N–C) groups is 1. The number of nitrogens with zero attached hydrogens (tertiary/aromatic N) is 5. The topological polar surface area (TPSA) is 95.3 Å². The molecule has 2 aromatic rings. The van der Waals surface area contributed by atoms with E-state index >= 15 is 0 Å². The highest BCUT2D eigenvalue weighted by atomic mass is 127. The third-order valence-electron chi connectivity index (χ3n) is 4.73. The Balaban J connectivity index is 0.00000450. The van der Waals surface area contributed by atoms with Crippen molar-refractivity contribution in [3.63, 3.8) is 0 Å². The fraction of sp³-hybridized carbons (Fsp3) is 0.409. The predicted molar refractivity (Wildman–Crippen MR) is 135 cm³/mol. The summed E-state index contributed by atoms with van der Waals surface area (Å²) in [5.74, 6) is 1.25. The lowest BCUT2D eigenvalue weighted by molar-refractivity contribution is 0.469. The molecule has 0 amide bonds. The molecule has 0 spiro atoms. The highest BCUT2D eigenvalue weighted by molar-refractivity contribution is 14.0. The number of nitrogen functional groups attached to an aromatic ring is 1. The van der Waals surface area contributed by atoms with Gasteiger partial charge in [0.2, 0.25) is 0 Å². The molecule has 0 aliphatic rings. The fourth-order valence-electron chi connectivity index (χ4n) is 3.08.